The van der Waals surface area contributed by atoms with E-state index in [9.17, 15) is 4.79 Å². The zero-order chi connectivity index (χ0) is 15.7. The molecule has 6 heteroatoms. The van der Waals surface area contributed by atoms with E-state index in [0.29, 0.717) is 18.7 Å². The van der Waals surface area contributed by atoms with Crippen molar-refractivity contribution in [3.8, 4) is 11.3 Å². The minimum absolute atomic E-state index is 0.0176. The summed E-state index contributed by atoms with van der Waals surface area (Å²) in [4.78, 5) is 18.7. The maximum absolute atomic E-state index is 12.9. The van der Waals surface area contributed by atoms with E-state index in [1.165, 1.54) is 0 Å². The van der Waals surface area contributed by atoms with Crippen LogP contribution in [-0.2, 0) is 4.74 Å². The van der Waals surface area contributed by atoms with Crippen molar-refractivity contribution in [3.63, 3.8) is 0 Å². The van der Waals surface area contributed by atoms with Gasteiger partial charge < -0.3 is 9.64 Å². The van der Waals surface area contributed by atoms with E-state index in [2.05, 4.69) is 15.2 Å². The highest BCUT2D eigenvalue weighted by Gasteiger charge is 2.35. The zero-order valence-electron chi connectivity index (χ0n) is 13.0. The maximum atomic E-state index is 12.9. The van der Waals surface area contributed by atoms with Crippen LogP contribution < -0.4 is 0 Å². The normalized spacial score (nSPS) is 20.9. The lowest BCUT2D eigenvalue weighted by Crippen LogP contribution is -2.53. The van der Waals surface area contributed by atoms with Crippen LogP contribution in [0.25, 0.3) is 11.3 Å². The Kier molecular flexibility index (Phi) is 3.70. The second-order valence-electron chi connectivity index (χ2n) is 6.27. The van der Waals surface area contributed by atoms with Gasteiger partial charge in [0.15, 0.2) is 0 Å². The molecule has 1 N–H and O–H groups in total. The summed E-state index contributed by atoms with van der Waals surface area (Å²) in [6.07, 6.45) is 5.00. The molecule has 22 heavy (non-hydrogen) atoms. The first-order valence-corrected chi connectivity index (χ1v) is 7.37. The molecule has 1 unspecified atom stereocenters. The lowest BCUT2D eigenvalue weighted by molar-refractivity contribution is -0.118. The molecular weight excluding hydrogens is 280 g/mol. The van der Waals surface area contributed by atoms with E-state index in [4.69, 9.17) is 4.74 Å². The Morgan fingerprint density at radius 1 is 1.41 bits per heavy atom. The van der Waals surface area contributed by atoms with Crippen LogP contribution in [0.5, 0.6) is 0 Å². The Morgan fingerprint density at radius 3 is 2.82 bits per heavy atom. The first-order valence-electron chi connectivity index (χ1n) is 7.37. The Balaban J connectivity index is 1.89. The Morgan fingerprint density at radius 2 is 2.14 bits per heavy atom. The summed E-state index contributed by atoms with van der Waals surface area (Å²) in [7, 11) is 0. The van der Waals surface area contributed by atoms with Crippen LogP contribution >= 0.6 is 0 Å². The largest absolute Gasteiger partial charge is 0.369 e. The second kappa shape index (κ2) is 5.53. The minimum Gasteiger partial charge on any atom is -0.369 e. The molecule has 3 rings (SSSR count). The van der Waals surface area contributed by atoms with E-state index in [0.717, 1.165) is 11.3 Å². The third kappa shape index (κ3) is 2.87. The molecule has 116 valence electrons. The Hall–Kier alpha value is -2.21. The van der Waals surface area contributed by atoms with Crippen LogP contribution in [0.1, 0.15) is 31.1 Å². The van der Waals surface area contributed by atoms with Gasteiger partial charge in [0.2, 0.25) is 0 Å². The molecule has 3 heterocycles. The number of H-pyrrole nitrogens is 1. The molecule has 6 nitrogen and oxygen atoms in total. The van der Waals surface area contributed by atoms with E-state index in [1.807, 2.05) is 37.8 Å². The first kappa shape index (κ1) is 14.7. The van der Waals surface area contributed by atoms with Crippen LogP contribution in [0.3, 0.4) is 0 Å². The van der Waals surface area contributed by atoms with Gasteiger partial charge in [-0.05, 0) is 32.9 Å². The van der Waals surface area contributed by atoms with Crippen molar-refractivity contribution in [1.29, 1.82) is 0 Å². The molecule has 1 aliphatic rings. The molecular formula is C16H20N4O2. The highest BCUT2D eigenvalue weighted by molar-refractivity contribution is 5.99. The molecule has 1 atom stereocenters. The van der Waals surface area contributed by atoms with Crippen molar-refractivity contribution < 1.29 is 9.53 Å². The molecule has 1 fully saturated rings. The predicted octanol–water partition coefficient (Wildman–Crippen LogP) is 2.11. The number of carbonyl (C=O) groups is 1. The van der Waals surface area contributed by atoms with Gasteiger partial charge >= 0.3 is 0 Å². The maximum Gasteiger partial charge on any atom is 0.257 e. The van der Waals surface area contributed by atoms with Crippen molar-refractivity contribution in [3.05, 3.63) is 36.3 Å². The van der Waals surface area contributed by atoms with Crippen molar-refractivity contribution >= 4 is 5.91 Å². The quantitative estimate of drug-likeness (QED) is 0.922. The number of amides is 1. The standard InChI is InChI=1S/C16H20N4O2/c1-11-9-20(10-16(2,3)22-11)15(21)13-8-18-19-14(13)12-4-6-17-7-5-12/h4-8,11H,9-10H2,1-3H3,(H,18,19). The van der Waals surface area contributed by atoms with Crippen LogP contribution in [0.4, 0.5) is 0 Å². The number of ether oxygens (including phenoxy) is 1. The van der Waals surface area contributed by atoms with Crippen molar-refractivity contribution in [2.75, 3.05) is 13.1 Å². The third-order valence-corrected chi connectivity index (χ3v) is 3.70. The number of aromatic nitrogens is 3. The third-order valence-electron chi connectivity index (χ3n) is 3.70. The van der Waals surface area contributed by atoms with Crippen molar-refractivity contribution in [1.82, 2.24) is 20.1 Å². The van der Waals surface area contributed by atoms with E-state index in [1.54, 1.807) is 18.6 Å². The summed E-state index contributed by atoms with van der Waals surface area (Å²) in [6, 6.07) is 3.71. The molecule has 1 saturated heterocycles. The fourth-order valence-electron chi connectivity index (χ4n) is 2.97. The predicted molar refractivity (Wildman–Crippen MR) is 82.3 cm³/mol. The molecule has 0 bridgehead atoms. The van der Waals surface area contributed by atoms with Crippen LogP contribution in [0.15, 0.2) is 30.7 Å². The molecule has 1 amide bonds. The highest BCUT2D eigenvalue weighted by Crippen LogP contribution is 2.26. The molecule has 0 radical (unpaired) electrons. The van der Waals surface area contributed by atoms with Crippen molar-refractivity contribution in [2.45, 2.75) is 32.5 Å². The first-order chi connectivity index (χ1) is 10.5. The SMILES string of the molecule is CC1CN(C(=O)c2cn[nH]c2-c2ccncc2)CC(C)(C)O1. The topological polar surface area (TPSA) is 71.1 Å². The van der Waals surface area contributed by atoms with Crippen LogP contribution in [0.2, 0.25) is 0 Å². The fraction of sp³-hybridized carbons (Fsp3) is 0.438. The fourth-order valence-corrected chi connectivity index (χ4v) is 2.97. The van der Waals surface area contributed by atoms with Gasteiger partial charge in [-0.1, -0.05) is 0 Å². The van der Waals surface area contributed by atoms with E-state index < -0.39 is 0 Å². The van der Waals surface area contributed by atoms with E-state index in [-0.39, 0.29) is 17.6 Å². The minimum atomic E-state index is -0.339. The van der Waals surface area contributed by atoms with Gasteiger partial charge in [-0.3, -0.25) is 14.9 Å². The zero-order valence-corrected chi connectivity index (χ0v) is 13.0. The number of carbonyl (C=O) groups excluding carboxylic acids is 1. The van der Waals surface area contributed by atoms with Crippen LogP contribution in [-0.4, -0.2) is 50.8 Å². The summed E-state index contributed by atoms with van der Waals surface area (Å²) in [5.74, 6) is -0.0243. The van der Waals surface area contributed by atoms with Gasteiger partial charge in [0.25, 0.3) is 5.91 Å². The molecule has 2 aromatic heterocycles. The van der Waals surface area contributed by atoms with Gasteiger partial charge in [0, 0.05) is 31.0 Å². The lowest BCUT2D eigenvalue weighted by Gasteiger charge is -2.41. The van der Waals surface area contributed by atoms with Gasteiger partial charge in [0.1, 0.15) is 0 Å². The average molecular weight is 300 g/mol. The van der Waals surface area contributed by atoms with Gasteiger partial charge in [-0.2, -0.15) is 5.10 Å². The number of pyridine rings is 1. The number of hydrogen-bond donors (Lipinski definition) is 1. The summed E-state index contributed by atoms with van der Waals surface area (Å²) < 4.78 is 5.86. The highest BCUT2D eigenvalue weighted by atomic mass is 16.5. The molecule has 0 aliphatic carbocycles. The van der Waals surface area contributed by atoms with Crippen LogP contribution in [0, 0.1) is 0 Å². The monoisotopic (exact) mass is 300 g/mol. The average Bonchev–Trinajstić information content (AvgIpc) is 2.94. The number of rotatable bonds is 2. The lowest BCUT2D eigenvalue weighted by atomic mass is 10.0. The smallest absolute Gasteiger partial charge is 0.257 e. The molecule has 0 aromatic carbocycles. The number of nitrogens with one attached hydrogen (secondary N) is 1. The van der Waals surface area contributed by atoms with E-state index >= 15 is 0 Å². The summed E-state index contributed by atoms with van der Waals surface area (Å²) in [5, 5.41) is 6.96. The van der Waals surface area contributed by atoms with Gasteiger partial charge in [0.05, 0.1) is 29.2 Å². The number of morpholine rings is 1. The summed E-state index contributed by atoms with van der Waals surface area (Å²) >= 11 is 0. The number of aromatic amines is 1. The van der Waals surface area contributed by atoms with Gasteiger partial charge in [-0.15, -0.1) is 0 Å². The number of nitrogens with zero attached hydrogens (tertiary/aromatic N) is 3. The van der Waals surface area contributed by atoms with Gasteiger partial charge in [-0.25, -0.2) is 0 Å². The second-order valence-corrected chi connectivity index (χ2v) is 6.27. The van der Waals surface area contributed by atoms with Crippen molar-refractivity contribution in [2.24, 2.45) is 0 Å². The molecule has 0 saturated carbocycles. The summed E-state index contributed by atoms with van der Waals surface area (Å²) in [5.41, 5.74) is 1.87. The Bertz CT molecular complexity index is 666. The molecule has 2 aromatic rings. The summed E-state index contributed by atoms with van der Waals surface area (Å²) in [6.45, 7) is 7.14. The Labute approximate surface area is 129 Å². The molecule has 0 spiro atoms. The molecule has 1 aliphatic heterocycles. The number of hydrogen-bond acceptors (Lipinski definition) is 4.